The number of hydrogen-bond donors (Lipinski definition) is 0. The first-order valence-corrected chi connectivity index (χ1v) is 29.1. The fourth-order valence-electron chi connectivity index (χ4n) is 16.7. The SMILES string of the molecule is C1=CC(c2c3c4cccc5c6ccc7c(c6n(c3c(-c3ccccc3)c3c6cccc8c9ccc%10c(c9n(c23)c86)-c2ccccc2C%10(c2ccccc2)c2ccccc2)c54)-c2ccccc2C7(c2ccccc2)c2ccccc2)=CCC1. The van der Waals surface area contributed by atoms with Crippen LogP contribution in [-0.4, -0.2) is 8.80 Å². The number of fused-ring (bicyclic) bond motifs is 20. The highest BCUT2D eigenvalue weighted by molar-refractivity contribution is 6.38. The summed E-state index contributed by atoms with van der Waals surface area (Å²) in [5.41, 5.74) is 27.1. The maximum atomic E-state index is 2.76. The van der Waals surface area contributed by atoms with Crippen LogP contribution in [0.15, 0.2) is 279 Å². The molecule has 0 atom stereocenters. The van der Waals surface area contributed by atoms with E-state index < -0.39 is 10.8 Å². The summed E-state index contributed by atoms with van der Waals surface area (Å²) in [6.45, 7) is 0. The maximum Gasteiger partial charge on any atom is 0.0714 e. The minimum absolute atomic E-state index is 0.550. The van der Waals surface area contributed by atoms with Gasteiger partial charge in [0.2, 0.25) is 0 Å². The molecule has 0 saturated carbocycles. The second kappa shape index (κ2) is 16.2. The number of nitrogens with zero attached hydrogens (tertiary/aromatic N) is 2. The lowest BCUT2D eigenvalue weighted by atomic mass is 9.67. The molecule has 0 N–H and O–H groups in total. The highest BCUT2D eigenvalue weighted by Crippen LogP contribution is 2.63. The van der Waals surface area contributed by atoms with Crippen LogP contribution < -0.4 is 0 Å². The predicted molar refractivity (Wildman–Crippen MR) is 342 cm³/mol. The summed E-state index contributed by atoms with van der Waals surface area (Å²) in [6.07, 6.45) is 9.39. The summed E-state index contributed by atoms with van der Waals surface area (Å²) in [5, 5.41) is 10.3. The van der Waals surface area contributed by atoms with E-state index >= 15 is 0 Å². The smallest absolute Gasteiger partial charge is 0.0714 e. The molecule has 0 saturated heterocycles. The molecule has 19 rings (SSSR count). The Morgan fingerprint density at radius 2 is 0.659 bits per heavy atom. The minimum atomic E-state index is -0.551. The molecule has 0 unspecified atom stereocenters. The highest BCUT2D eigenvalue weighted by atomic mass is 15.0. The van der Waals surface area contributed by atoms with Crippen LogP contribution in [0, 0.1) is 0 Å². The van der Waals surface area contributed by atoms with Gasteiger partial charge in [0.25, 0.3) is 0 Å². The predicted octanol–water partition coefficient (Wildman–Crippen LogP) is 20.1. The second-order valence-corrected chi connectivity index (χ2v) is 23.1. The second-order valence-electron chi connectivity index (χ2n) is 23.1. The van der Waals surface area contributed by atoms with Crippen molar-refractivity contribution in [3.8, 4) is 33.4 Å². The lowest BCUT2D eigenvalue weighted by Gasteiger charge is -2.33. The molecule has 0 radical (unpaired) electrons. The monoisotopic (exact) mass is 1040 g/mol. The first kappa shape index (κ1) is 44.6. The van der Waals surface area contributed by atoms with E-state index in [0.29, 0.717) is 0 Å². The largest absolute Gasteiger partial charge is 0.307 e. The van der Waals surface area contributed by atoms with E-state index in [-0.39, 0.29) is 0 Å². The zero-order chi connectivity index (χ0) is 53.4. The summed E-state index contributed by atoms with van der Waals surface area (Å²) in [6, 6.07) is 99.2. The molecule has 0 amide bonds. The van der Waals surface area contributed by atoms with Crippen molar-refractivity contribution in [3.05, 3.63) is 329 Å². The molecule has 0 fully saturated rings. The summed E-state index contributed by atoms with van der Waals surface area (Å²) < 4.78 is 5.51. The van der Waals surface area contributed by atoms with Gasteiger partial charge in [-0.05, 0) is 79.6 Å². The van der Waals surface area contributed by atoms with Gasteiger partial charge in [-0.2, -0.15) is 0 Å². The first-order valence-electron chi connectivity index (χ1n) is 29.1. The van der Waals surface area contributed by atoms with Crippen LogP contribution in [0.1, 0.15) is 62.9 Å². The van der Waals surface area contributed by atoms with Crippen LogP contribution in [0.5, 0.6) is 0 Å². The summed E-state index contributed by atoms with van der Waals surface area (Å²) >= 11 is 0. The van der Waals surface area contributed by atoms with Gasteiger partial charge in [-0.3, -0.25) is 0 Å². The summed E-state index contributed by atoms with van der Waals surface area (Å²) in [5.74, 6) is 0. The van der Waals surface area contributed by atoms with Crippen molar-refractivity contribution in [1.29, 1.82) is 0 Å². The molecule has 4 heterocycles. The van der Waals surface area contributed by atoms with E-state index in [4.69, 9.17) is 0 Å². The van der Waals surface area contributed by atoms with Gasteiger partial charge in [-0.25, -0.2) is 0 Å². The van der Waals surface area contributed by atoms with Gasteiger partial charge in [0, 0.05) is 65.3 Å². The molecule has 82 heavy (non-hydrogen) atoms. The zero-order valence-corrected chi connectivity index (χ0v) is 44.9. The van der Waals surface area contributed by atoms with Gasteiger partial charge >= 0.3 is 0 Å². The Balaban J connectivity index is 1.06. The molecule has 4 aromatic heterocycles. The lowest BCUT2D eigenvalue weighted by Crippen LogP contribution is -2.28. The molecule has 16 aromatic rings. The van der Waals surface area contributed by atoms with Gasteiger partial charge in [-0.1, -0.05) is 279 Å². The average Bonchev–Trinajstić information content (AvgIpc) is 1.70. The topological polar surface area (TPSA) is 8.82 Å². The number of aromatic nitrogens is 2. The molecule has 0 spiro atoms. The third-order valence-electron chi connectivity index (χ3n) is 19.5. The van der Waals surface area contributed by atoms with Gasteiger partial charge in [0.15, 0.2) is 0 Å². The van der Waals surface area contributed by atoms with Crippen LogP contribution in [0.2, 0.25) is 0 Å². The Morgan fingerprint density at radius 3 is 1.11 bits per heavy atom. The molecule has 0 bridgehead atoms. The summed E-state index contributed by atoms with van der Waals surface area (Å²) in [4.78, 5) is 0. The summed E-state index contributed by atoms with van der Waals surface area (Å²) in [7, 11) is 0. The third kappa shape index (κ3) is 5.28. The Labute approximate surface area is 474 Å². The van der Waals surface area contributed by atoms with Crippen molar-refractivity contribution >= 4 is 81.8 Å². The molecule has 3 aliphatic rings. The Hall–Kier alpha value is -10.3. The van der Waals surface area contributed by atoms with Crippen molar-refractivity contribution < 1.29 is 0 Å². The molecule has 380 valence electrons. The molecule has 2 heteroatoms. The quantitative estimate of drug-likeness (QED) is 0.157. The molecular formula is C80H50N2. The van der Waals surface area contributed by atoms with Crippen molar-refractivity contribution in [2.75, 3.05) is 0 Å². The number of rotatable bonds is 6. The van der Waals surface area contributed by atoms with E-state index in [0.717, 1.165) is 12.8 Å². The molecule has 2 nitrogen and oxygen atoms in total. The highest BCUT2D eigenvalue weighted by Gasteiger charge is 2.49. The molecule has 12 aromatic carbocycles. The van der Waals surface area contributed by atoms with Gasteiger partial charge in [0.05, 0.1) is 43.9 Å². The zero-order valence-electron chi connectivity index (χ0n) is 44.9. The van der Waals surface area contributed by atoms with Gasteiger partial charge in [-0.15, -0.1) is 0 Å². The molecule has 0 aliphatic heterocycles. The number of benzene rings is 12. The fraction of sp³-hybridized carbons (Fsp3) is 0.0500. The van der Waals surface area contributed by atoms with Gasteiger partial charge in [0.1, 0.15) is 0 Å². The number of hydrogen-bond acceptors (Lipinski definition) is 0. The van der Waals surface area contributed by atoms with E-state index in [9.17, 15) is 0 Å². The van der Waals surface area contributed by atoms with Crippen molar-refractivity contribution in [1.82, 2.24) is 8.80 Å². The van der Waals surface area contributed by atoms with E-state index in [1.54, 1.807) is 0 Å². The standard InChI is InChI=1S/C80H50N2/c1-7-25-49(26-8-1)67-71-61-41-23-39-55-58-46-48-66-70(60-38-20-22-44-64(60)80(66,53-33-15-5-16-34-53)54-35-17-6-18-36-54)76(58)82(73(55)61)78(71)68(50-27-9-2-10-28-50)72-62-42-24-40-56-57-45-47-65-69(75(57)81(74(56)62)77(67)72)59-37-19-21-43-63(59)79(65,51-29-11-3-12-30-51)52-31-13-4-14-32-52/h1,3-9,11-48H,2,10H2. The van der Waals surface area contributed by atoms with Crippen molar-refractivity contribution in [3.63, 3.8) is 0 Å². The van der Waals surface area contributed by atoms with Crippen LogP contribution in [-0.2, 0) is 10.8 Å². The Bertz CT molecular complexity index is 5320. The van der Waals surface area contributed by atoms with E-state index in [1.807, 2.05) is 0 Å². The van der Waals surface area contributed by atoms with Crippen molar-refractivity contribution in [2.45, 2.75) is 23.7 Å². The van der Waals surface area contributed by atoms with Crippen molar-refractivity contribution in [2.24, 2.45) is 0 Å². The normalized spacial score (nSPS) is 15.0. The fourth-order valence-corrected chi connectivity index (χ4v) is 16.7. The van der Waals surface area contributed by atoms with Crippen LogP contribution in [0.25, 0.3) is 115 Å². The number of para-hydroxylation sites is 2. The molecule has 3 aliphatic carbocycles. The lowest BCUT2D eigenvalue weighted by molar-refractivity contribution is 0.769. The Morgan fingerprint density at radius 1 is 0.268 bits per heavy atom. The van der Waals surface area contributed by atoms with Crippen LogP contribution >= 0.6 is 0 Å². The van der Waals surface area contributed by atoms with Crippen LogP contribution in [0.4, 0.5) is 0 Å². The van der Waals surface area contributed by atoms with Crippen LogP contribution in [0.3, 0.4) is 0 Å². The first-order chi connectivity index (χ1) is 40.8. The Kier molecular flexibility index (Phi) is 8.80. The minimum Gasteiger partial charge on any atom is -0.307 e. The van der Waals surface area contributed by atoms with E-state index in [2.05, 4.69) is 288 Å². The van der Waals surface area contributed by atoms with E-state index in [1.165, 1.54) is 165 Å². The number of allylic oxidation sites excluding steroid dienone is 4. The average molecular weight is 1040 g/mol. The molecular weight excluding hydrogens is 989 g/mol. The third-order valence-corrected chi connectivity index (χ3v) is 19.5. The van der Waals surface area contributed by atoms with Gasteiger partial charge < -0.3 is 8.80 Å². The maximum absolute atomic E-state index is 2.76.